The highest BCUT2D eigenvalue weighted by molar-refractivity contribution is 5.10. The summed E-state index contributed by atoms with van der Waals surface area (Å²) in [6.07, 6.45) is 9.86. The molecule has 1 aliphatic rings. The van der Waals surface area contributed by atoms with Gasteiger partial charge in [-0.05, 0) is 37.1 Å². The van der Waals surface area contributed by atoms with Gasteiger partial charge in [0.1, 0.15) is 12.4 Å². The van der Waals surface area contributed by atoms with Crippen LogP contribution in [0.15, 0.2) is 43.0 Å². The largest absolute Gasteiger partial charge is 0.316 e. The Morgan fingerprint density at radius 3 is 2.92 bits per heavy atom. The van der Waals surface area contributed by atoms with E-state index >= 15 is 0 Å². The van der Waals surface area contributed by atoms with Crippen molar-refractivity contribution in [3.05, 3.63) is 60.2 Å². The van der Waals surface area contributed by atoms with Gasteiger partial charge in [-0.1, -0.05) is 6.07 Å². The fraction of sp³-hybridized carbons (Fsp3) is 0.444. The quantitative estimate of drug-likeness (QED) is 0.711. The van der Waals surface area contributed by atoms with Crippen molar-refractivity contribution < 1.29 is 0 Å². The number of rotatable bonds is 5. The first-order chi connectivity index (χ1) is 12.3. The third-order valence-corrected chi connectivity index (χ3v) is 4.86. The van der Waals surface area contributed by atoms with E-state index in [0.717, 1.165) is 37.7 Å². The maximum Gasteiger partial charge on any atom is 0.154 e. The minimum Gasteiger partial charge on any atom is -0.316 e. The molecule has 0 spiro atoms. The molecule has 0 saturated carbocycles. The van der Waals surface area contributed by atoms with Gasteiger partial charge >= 0.3 is 0 Å². The number of likely N-dealkylation sites (tertiary alicyclic amines) is 1. The normalized spacial score (nSPS) is 18.5. The van der Waals surface area contributed by atoms with Crippen LogP contribution in [0.25, 0.3) is 0 Å². The fourth-order valence-corrected chi connectivity index (χ4v) is 3.57. The molecule has 1 aliphatic heterocycles. The Bertz CT molecular complexity index is 794. The topological polar surface area (TPSA) is 64.7 Å². The molecule has 1 atom stereocenters. The number of hydrogen-bond acceptors (Lipinski definition) is 5. The second kappa shape index (κ2) is 7.14. The van der Waals surface area contributed by atoms with Crippen LogP contribution in [-0.2, 0) is 20.1 Å². The van der Waals surface area contributed by atoms with Gasteiger partial charge in [0.25, 0.3) is 0 Å². The lowest BCUT2D eigenvalue weighted by Crippen LogP contribution is -2.34. The summed E-state index contributed by atoms with van der Waals surface area (Å²) in [4.78, 5) is 6.71. The number of hydrogen-bond donors (Lipinski definition) is 0. The van der Waals surface area contributed by atoms with Crippen molar-refractivity contribution in [3.8, 4) is 0 Å². The van der Waals surface area contributed by atoms with Gasteiger partial charge in [0.2, 0.25) is 0 Å². The molecule has 0 aliphatic carbocycles. The molecule has 130 valence electrons. The SMILES string of the molecule is Cn1c(Cn2cccn2)nnc1C1CCCN(Cc2cccnc2)C1. The molecule has 7 nitrogen and oxygen atoms in total. The predicted molar refractivity (Wildman–Crippen MR) is 93.8 cm³/mol. The molecule has 0 amide bonds. The monoisotopic (exact) mass is 337 g/mol. The van der Waals surface area contributed by atoms with Crippen molar-refractivity contribution in [2.45, 2.75) is 31.8 Å². The minimum absolute atomic E-state index is 0.425. The van der Waals surface area contributed by atoms with Crippen molar-refractivity contribution in [2.24, 2.45) is 7.05 Å². The van der Waals surface area contributed by atoms with E-state index in [1.807, 2.05) is 35.4 Å². The summed E-state index contributed by atoms with van der Waals surface area (Å²) in [5, 5.41) is 13.1. The number of nitrogens with zero attached hydrogens (tertiary/aromatic N) is 7. The van der Waals surface area contributed by atoms with Crippen molar-refractivity contribution in [1.82, 2.24) is 34.4 Å². The fourth-order valence-electron chi connectivity index (χ4n) is 3.57. The van der Waals surface area contributed by atoms with Crippen LogP contribution in [0.3, 0.4) is 0 Å². The number of aromatic nitrogens is 6. The first-order valence-corrected chi connectivity index (χ1v) is 8.76. The second-order valence-electron chi connectivity index (χ2n) is 6.67. The lowest BCUT2D eigenvalue weighted by atomic mass is 9.97. The molecule has 3 aromatic heterocycles. The summed E-state index contributed by atoms with van der Waals surface area (Å²) in [5.41, 5.74) is 1.26. The van der Waals surface area contributed by atoms with Crippen LogP contribution in [0.1, 0.15) is 36.0 Å². The van der Waals surface area contributed by atoms with Crippen LogP contribution >= 0.6 is 0 Å². The van der Waals surface area contributed by atoms with Crippen LogP contribution in [0, 0.1) is 0 Å². The molecule has 7 heteroatoms. The summed E-state index contributed by atoms with van der Waals surface area (Å²) in [6, 6.07) is 6.07. The average Bonchev–Trinajstić information content (AvgIpc) is 3.27. The van der Waals surface area contributed by atoms with Gasteiger partial charge in [0.15, 0.2) is 5.82 Å². The highest BCUT2D eigenvalue weighted by Crippen LogP contribution is 2.26. The third kappa shape index (κ3) is 3.61. The van der Waals surface area contributed by atoms with Gasteiger partial charge in [-0.3, -0.25) is 14.6 Å². The summed E-state index contributed by atoms with van der Waals surface area (Å²) in [7, 11) is 2.06. The van der Waals surface area contributed by atoms with E-state index in [1.54, 1.807) is 6.20 Å². The lowest BCUT2D eigenvalue weighted by Gasteiger charge is -2.32. The standard InChI is InChI=1S/C18H23N7/c1-23-17(14-25-10-4-8-20-25)21-22-18(23)16-6-3-9-24(13-16)12-15-5-2-7-19-11-15/h2,4-5,7-8,10-11,16H,3,6,9,12-14H2,1H3. The first kappa shape index (κ1) is 16.0. The van der Waals surface area contributed by atoms with Crippen molar-refractivity contribution >= 4 is 0 Å². The van der Waals surface area contributed by atoms with Crippen LogP contribution in [0.4, 0.5) is 0 Å². The summed E-state index contributed by atoms with van der Waals surface area (Å²) >= 11 is 0. The summed E-state index contributed by atoms with van der Waals surface area (Å²) in [6.45, 7) is 3.75. The summed E-state index contributed by atoms with van der Waals surface area (Å²) in [5.74, 6) is 2.45. The Morgan fingerprint density at radius 2 is 2.12 bits per heavy atom. The molecule has 1 saturated heterocycles. The molecule has 1 fully saturated rings. The molecule has 4 rings (SSSR count). The van der Waals surface area contributed by atoms with Gasteiger partial charge in [0.05, 0.1) is 0 Å². The maximum atomic E-state index is 4.49. The zero-order valence-corrected chi connectivity index (χ0v) is 14.5. The molecule has 3 aromatic rings. The van der Waals surface area contributed by atoms with Gasteiger partial charge in [-0.15, -0.1) is 10.2 Å². The zero-order chi connectivity index (χ0) is 17.1. The highest BCUT2D eigenvalue weighted by atomic mass is 15.3. The minimum atomic E-state index is 0.425. The molecular weight excluding hydrogens is 314 g/mol. The van der Waals surface area contributed by atoms with Gasteiger partial charge in [0, 0.05) is 50.8 Å². The van der Waals surface area contributed by atoms with Crippen molar-refractivity contribution in [1.29, 1.82) is 0 Å². The summed E-state index contributed by atoms with van der Waals surface area (Å²) < 4.78 is 4.02. The molecule has 0 radical (unpaired) electrons. The molecule has 25 heavy (non-hydrogen) atoms. The predicted octanol–water partition coefficient (Wildman–Crippen LogP) is 1.83. The van der Waals surface area contributed by atoms with Crippen molar-refractivity contribution in [3.63, 3.8) is 0 Å². The van der Waals surface area contributed by atoms with Crippen molar-refractivity contribution in [2.75, 3.05) is 13.1 Å². The van der Waals surface area contributed by atoms with E-state index in [1.165, 1.54) is 12.0 Å². The van der Waals surface area contributed by atoms with Crippen LogP contribution in [0.2, 0.25) is 0 Å². The lowest BCUT2D eigenvalue weighted by molar-refractivity contribution is 0.195. The van der Waals surface area contributed by atoms with E-state index in [-0.39, 0.29) is 0 Å². The molecule has 4 heterocycles. The van der Waals surface area contributed by atoms with Crippen LogP contribution in [0.5, 0.6) is 0 Å². The number of piperidine rings is 1. The zero-order valence-electron chi connectivity index (χ0n) is 14.5. The van der Waals surface area contributed by atoms with E-state index in [4.69, 9.17) is 0 Å². The van der Waals surface area contributed by atoms with Crippen LogP contribution < -0.4 is 0 Å². The Balaban J connectivity index is 1.45. The van der Waals surface area contributed by atoms with E-state index in [2.05, 4.69) is 42.9 Å². The third-order valence-electron chi connectivity index (χ3n) is 4.86. The highest BCUT2D eigenvalue weighted by Gasteiger charge is 2.26. The Kier molecular flexibility index (Phi) is 4.56. The Morgan fingerprint density at radius 1 is 1.16 bits per heavy atom. The van der Waals surface area contributed by atoms with E-state index in [9.17, 15) is 0 Å². The van der Waals surface area contributed by atoms with Gasteiger partial charge < -0.3 is 4.57 Å². The first-order valence-electron chi connectivity index (χ1n) is 8.76. The number of pyridine rings is 1. The molecule has 0 aromatic carbocycles. The smallest absolute Gasteiger partial charge is 0.154 e. The molecule has 1 unspecified atom stereocenters. The van der Waals surface area contributed by atoms with Crippen LogP contribution in [-0.4, -0.2) is 47.5 Å². The molecule has 0 bridgehead atoms. The molecule has 0 N–H and O–H groups in total. The maximum absolute atomic E-state index is 4.49. The van der Waals surface area contributed by atoms with Gasteiger partial charge in [-0.25, -0.2) is 0 Å². The average molecular weight is 337 g/mol. The Labute approximate surface area is 147 Å². The molecular formula is C18H23N7. The van der Waals surface area contributed by atoms with E-state index < -0.39 is 0 Å². The second-order valence-corrected chi connectivity index (χ2v) is 6.67. The van der Waals surface area contributed by atoms with E-state index in [0.29, 0.717) is 12.5 Å². The van der Waals surface area contributed by atoms with Gasteiger partial charge in [-0.2, -0.15) is 5.10 Å². The Hall–Kier alpha value is -2.54.